The Bertz CT molecular complexity index is 935. The molecule has 0 unspecified atom stereocenters. The molecule has 2 heterocycles. The van der Waals surface area contributed by atoms with Gasteiger partial charge in [0.2, 0.25) is 11.9 Å². The number of nitrogens with zero attached hydrogens (tertiary/aromatic N) is 6. The van der Waals surface area contributed by atoms with Crippen LogP contribution in [0.1, 0.15) is 17.2 Å². The van der Waals surface area contributed by atoms with Gasteiger partial charge in [0.15, 0.2) is 0 Å². The lowest BCUT2D eigenvalue weighted by atomic mass is 9.99. The van der Waals surface area contributed by atoms with E-state index in [4.69, 9.17) is 11.5 Å². The predicted molar refractivity (Wildman–Crippen MR) is 93.9 cm³/mol. The second-order valence-electron chi connectivity index (χ2n) is 5.47. The summed E-state index contributed by atoms with van der Waals surface area (Å²) in [5, 5.41) is 8.53. The summed E-state index contributed by atoms with van der Waals surface area (Å²) in [6.45, 7) is 0. The molecule has 8 nitrogen and oxygen atoms in total. The molecule has 0 fully saturated rings. The van der Waals surface area contributed by atoms with Crippen molar-refractivity contribution in [3.63, 3.8) is 0 Å². The zero-order valence-electron chi connectivity index (χ0n) is 13.3. The molecular weight excluding hydrogens is 316 g/mol. The summed E-state index contributed by atoms with van der Waals surface area (Å²) in [5.74, 6) is 0.764. The maximum atomic E-state index is 5.90. The summed E-state index contributed by atoms with van der Waals surface area (Å²) in [4.78, 5) is 8.25. The van der Waals surface area contributed by atoms with E-state index in [9.17, 15) is 0 Å². The Labute approximate surface area is 143 Å². The van der Waals surface area contributed by atoms with Crippen molar-refractivity contribution in [3.05, 3.63) is 78.1 Å². The minimum Gasteiger partial charge on any atom is -0.368 e. The lowest BCUT2D eigenvalue weighted by Gasteiger charge is -2.20. The van der Waals surface area contributed by atoms with Crippen molar-refractivity contribution in [2.75, 3.05) is 11.5 Å². The zero-order valence-corrected chi connectivity index (χ0v) is 13.3. The normalized spacial score (nSPS) is 11.1. The van der Waals surface area contributed by atoms with Gasteiger partial charge in [-0.15, -0.1) is 5.10 Å². The van der Waals surface area contributed by atoms with Crippen molar-refractivity contribution in [1.29, 1.82) is 0 Å². The van der Waals surface area contributed by atoms with Crippen molar-refractivity contribution in [1.82, 2.24) is 29.5 Å². The molecule has 0 spiro atoms. The van der Waals surface area contributed by atoms with Crippen molar-refractivity contribution in [3.8, 4) is 5.95 Å². The Morgan fingerprint density at radius 2 is 1.44 bits per heavy atom. The van der Waals surface area contributed by atoms with E-state index < -0.39 is 0 Å². The van der Waals surface area contributed by atoms with E-state index in [0.29, 0.717) is 5.95 Å². The average Bonchev–Trinajstić information content (AvgIpc) is 3.22. The molecule has 0 aliphatic rings. The van der Waals surface area contributed by atoms with Crippen LogP contribution in [-0.4, -0.2) is 29.5 Å². The number of hydrogen-bond donors (Lipinski definition) is 2. The summed E-state index contributed by atoms with van der Waals surface area (Å²) in [7, 11) is 0. The summed E-state index contributed by atoms with van der Waals surface area (Å²) in [6.07, 6.45) is 1.37. The van der Waals surface area contributed by atoms with Crippen molar-refractivity contribution in [2.45, 2.75) is 6.04 Å². The first-order valence-corrected chi connectivity index (χ1v) is 7.72. The van der Waals surface area contributed by atoms with Gasteiger partial charge in [0.1, 0.15) is 12.4 Å². The Balaban J connectivity index is 1.94. The molecule has 25 heavy (non-hydrogen) atoms. The number of benzene rings is 2. The Kier molecular flexibility index (Phi) is 3.62. The van der Waals surface area contributed by atoms with E-state index in [0.717, 1.165) is 11.1 Å². The van der Waals surface area contributed by atoms with Crippen LogP contribution in [0.2, 0.25) is 0 Å². The molecule has 0 aliphatic heterocycles. The van der Waals surface area contributed by atoms with E-state index in [1.807, 2.05) is 60.7 Å². The lowest BCUT2D eigenvalue weighted by molar-refractivity contribution is 0.568. The first-order chi connectivity index (χ1) is 12.2. The van der Waals surface area contributed by atoms with E-state index in [1.54, 1.807) is 4.68 Å². The SMILES string of the molecule is Nc1nc(-n2ncnc2N)n(C(c2ccccc2)c2ccccc2)n1. The molecule has 0 saturated heterocycles. The van der Waals surface area contributed by atoms with Crippen LogP contribution >= 0.6 is 0 Å². The van der Waals surface area contributed by atoms with Crippen molar-refractivity contribution in [2.24, 2.45) is 0 Å². The Hall–Kier alpha value is -3.68. The van der Waals surface area contributed by atoms with E-state index in [-0.39, 0.29) is 17.9 Å². The summed E-state index contributed by atoms with van der Waals surface area (Å²) in [5.41, 5.74) is 13.9. The first-order valence-electron chi connectivity index (χ1n) is 7.72. The van der Waals surface area contributed by atoms with Gasteiger partial charge in [-0.1, -0.05) is 60.7 Å². The van der Waals surface area contributed by atoms with E-state index in [1.165, 1.54) is 11.0 Å². The molecule has 0 aliphatic carbocycles. The number of aromatic nitrogens is 6. The van der Waals surface area contributed by atoms with Crippen molar-refractivity contribution < 1.29 is 0 Å². The number of rotatable bonds is 4. The highest BCUT2D eigenvalue weighted by Crippen LogP contribution is 2.28. The maximum absolute atomic E-state index is 5.90. The zero-order chi connectivity index (χ0) is 17.2. The van der Waals surface area contributed by atoms with Gasteiger partial charge in [-0.05, 0) is 11.1 Å². The van der Waals surface area contributed by atoms with Crippen LogP contribution in [0.15, 0.2) is 67.0 Å². The van der Waals surface area contributed by atoms with E-state index in [2.05, 4.69) is 20.2 Å². The molecule has 4 N–H and O–H groups in total. The molecule has 0 radical (unpaired) electrons. The number of hydrogen-bond acceptors (Lipinski definition) is 6. The third kappa shape index (κ3) is 2.69. The fourth-order valence-electron chi connectivity index (χ4n) is 2.80. The highest BCUT2D eigenvalue weighted by Gasteiger charge is 2.24. The third-order valence-electron chi connectivity index (χ3n) is 3.87. The van der Waals surface area contributed by atoms with Gasteiger partial charge < -0.3 is 11.5 Å². The Morgan fingerprint density at radius 3 is 1.96 bits per heavy atom. The smallest absolute Gasteiger partial charge is 0.255 e. The van der Waals surface area contributed by atoms with Crippen LogP contribution < -0.4 is 11.5 Å². The molecule has 0 amide bonds. The third-order valence-corrected chi connectivity index (χ3v) is 3.87. The van der Waals surface area contributed by atoms with Gasteiger partial charge in [0.25, 0.3) is 5.95 Å². The van der Waals surface area contributed by atoms with Gasteiger partial charge in [0.05, 0.1) is 0 Å². The fraction of sp³-hybridized carbons (Fsp3) is 0.0588. The second kappa shape index (κ2) is 6.08. The van der Waals surface area contributed by atoms with Gasteiger partial charge in [-0.3, -0.25) is 0 Å². The molecule has 0 bridgehead atoms. The molecule has 0 saturated carbocycles. The van der Waals surface area contributed by atoms with Gasteiger partial charge >= 0.3 is 0 Å². The lowest BCUT2D eigenvalue weighted by Crippen LogP contribution is -2.19. The monoisotopic (exact) mass is 332 g/mol. The Morgan fingerprint density at radius 1 is 0.840 bits per heavy atom. The average molecular weight is 332 g/mol. The summed E-state index contributed by atoms with van der Waals surface area (Å²) in [6, 6.07) is 19.8. The highest BCUT2D eigenvalue weighted by atomic mass is 15.5. The quantitative estimate of drug-likeness (QED) is 0.587. The molecule has 4 aromatic rings. The minimum absolute atomic E-state index is 0.141. The fourth-order valence-corrected chi connectivity index (χ4v) is 2.80. The van der Waals surface area contributed by atoms with Crippen LogP contribution in [0, 0.1) is 0 Å². The molecule has 0 atom stereocenters. The number of nitrogen functional groups attached to an aromatic ring is 2. The van der Waals surface area contributed by atoms with Crippen molar-refractivity contribution >= 4 is 11.9 Å². The van der Waals surface area contributed by atoms with E-state index >= 15 is 0 Å². The van der Waals surface area contributed by atoms with Crippen LogP contribution in [0.4, 0.5) is 11.9 Å². The van der Waals surface area contributed by atoms with Crippen LogP contribution in [0.3, 0.4) is 0 Å². The molecule has 2 aromatic carbocycles. The molecular formula is C17H16N8. The standard InChI is InChI=1S/C17H16N8/c18-15-22-17(25-16(19)20-11-21-25)24(23-15)14(12-7-3-1-4-8-12)13-9-5-2-6-10-13/h1-11,14H,(H2,18,23)(H2,19,20,21). The van der Waals surface area contributed by atoms with Crippen LogP contribution in [0.5, 0.6) is 0 Å². The second-order valence-corrected chi connectivity index (χ2v) is 5.47. The molecule has 8 heteroatoms. The molecule has 124 valence electrons. The van der Waals surface area contributed by atoms with Gasteiger partial charge in [-0.25, -0.2) is 4.68 Å². The summed E-state index contributed by atoms with van der Waals surface area (Å²) < 4.78 is 3.13. The van der Waals surface area contributed by atoms with Crippen LogP contribution in [-0.2, 0) is 0 Å². The minimum atomic E-state index is -0.231. The number of nitrogens with two attached hydrogens (primary N) is 2. The van der Waals surface area contributed by atoms with Gasteiger partial charge in [0, 0.05) is 0 Å². The maximum Gasteiger partial charge on any atom is 0.255 e. The molecule has 4 rings (SSSR count). The van der Waals surface area contributed by atoms with Crippen LogP contribution in [0.25, 0.3) is 5.95 Å². The van der Waals surface area contributed by atoms with Gasteiger partial charge in [-0.2, -0.15) is 19.7 Å². The largest absolute Gasteiger partial charge is 0.368 e. The topological polar surface area (TPSA) is 113 Å². The predicted octanol–water partition coefficient (Wildman–Crippen LogP) is 1.66. The molecule has 2 aromatic heterocycles. The first kappa shape index (κ1) is 14.9. The summed E-state index contributed by atoms with van der Waals surface area (Å²) >= 11 is 0. The number of anilines is 2. The highest BCUT2D eigenvalue weighted by molar-refractivity contribution is 5.37.